The van der Waals surface area contributed by atoms with Gasteiger partial charge in [0.2, 0.25) is 0 Å². The van der Waals surface area contributed by atoms with Crippen LogP contribution in [0.15, 0.2) is 35.5 Å². The van der Waals surface area contributed by atoms with Crippen molar-refractivity contribution < 1.29 is 17.2 Å². The lowest BCUT2D eigenvalue weighted by atomic mass is 10.2. The summed E-state index contributed by atoms with van der Waals surface area (Å²) in [6.07, 6.45) is 7.35. The zero-order valence-corrected chi connectivity index (χ0v) is 12.8. The van der Waals surface area contributed by atoms with Crippen molar-refractivity contribution in [3.63, 3.8) is 0 Å². The van der Waals surface area contributed by atoms with E-state index in [4.69, 9.17) is 4.55 Å². The van der Waals surface area contributed by atoms with Crippen molar-refractivity contribution in [3.05, 3.63) is 36.0 Å². The van der Waals surface area contributed by atoms with Gasteiger partial charge >= 0.3 is 10.4 Å². The molecule has 0 atom stereocenters. The van der Waals surface area contributed by atoms with E-state index < -0.39 is 10.4 Å². The Morgan fingerprint density at radius 1 is 1.26 bits per heavy atom. The topological polar surface area (TPSA) is 76.0 Å². The third-order valence-electron chi connectivity index (χ3n) is 1.88. The molecule has 1 aromatic carbocycles. The quantitative estimate of drug-likeness (QED) is 0.522. The third-order valence-corrected chi connectivity index (χ3v) is 4.19. The van der Waals surface area contributed by atoms with Crippen LogP contribution in [0.3, 0.4) is 0 Å². The maximum Gasteiger partial charge on any atom is 0.446 e. The molecule has 8 heteroatoms. The van der Waals surface area contributed by atoms with Gasteiger partial charge in [-0.3, -0.25) is 4.55 Å². The lowest BCUT2D eigenvalue weighted by molar-refractivity contribution is 0.387. The summed E-state index contributed by atoms with van der Waals surface area (Å²) in [5, 5.41) is 0. The molecule has 1 rings (SSSR count). The first-order valence-corrected chi connectivity index (χ1v) is 8.85. The van der Waals surface area contributed by atoms with E-state index in [1.165, 1.54) is 12.1 Å². The van der Waals surface area contributed by atoms with E-state index in [1.54, 1.807) is 47.9 Å². The van der Waals surface area contributed by atoms with E-state index in [-0.39, 0.29) is 5.75 Å². The fourth-order valence-electron chi connectivity index (χ4n) is 1.13. The highest BCUT2D eigenvalue weighted by Gasteiger charge is 2.05. The minimum atomic E-state index is -4.47. The predicted molar refractivity (Wildman–Crippen MR) is 82.1 cm³/mol. The molecule has 0 fully saturated rings. The van der Waals surface area contributed by atoms with Crippen molar-refractivity contribution in [2.24, 2.45) is 4.99 Å². The van der Waals surface area contributed by atoms with E-state index in [0.717, 1.165) is 9.94 Å². The summed E-state index contributed by atoms with van der Waals surface area (Å²) in [5.41, 5.74) is 0.841. The molecular weight excluding hydrogens is 306 g/mol. The molecule has 0 aliphatic rings. The molecule has 0 spiro atoms. The SMILES string of the molecule is CSC(=N/C=C/c1ccc(OS(=O)(=O)O)cc1)SC. The summed E-state index contributed by atoms with van der Waals surface area (Å²) in [6.45, 7) is 0. The smallest absolute Gasteiger partial charge is 0.362 e. The van der Waals surface area contributed by atoms with Gasteiger partial charge in [-0.25, -0.2) is 4.99 Å². The molecule has 104 valence electrons. The first-order chi connectivity index (χ1) is 8.94. The van der Waals surface area contributed by atoms with Crippen LogP contribution in [0.5, 0.6) is 5.75 Å². The highest BCUT2D eigenvalue weighted by Crippen LogP contribution is 2.15. The summed E-state index contributed by atoms with van der Waals surface area (Å²) in [5.74, 6) is 0.0528. The van der Waals surface area contributed by atoms with Gasteiger partial charge in [0, 0.05) is 6.20 Å². The van der Waals surface area contributed by atoms with Gasteiger partial charge in [-0.15, -0.1) is 23.5 Å². The molecule has 0 saturated carbocycles. The largest absolute Gasteiger partial charge is 0.446 e. The summed E-state index contributed by atoms with van der Waals surface area (Å²) >= 11 is 3.12. The first-order valence-electron chi connectivity index (χ1n) is 5.04. The first kappa shape index (κ1) is 16.1. The van der Waals surface area contributed by atoms with E-state index in [9.17, 15) is 8.42 Å². The number of nitrogens with zero attached hydrogens (tertiary/aromatic N) is 1. The molecule has 0 unspecified atom stereocenters. The maximum atomic E-state index is 10.5. The average molecular weight is 319 g/mol. The number of thioether (sulfide) groups is 2. The highest BCUT2D eigenvalue weighted by atomic mass is 32.3. The Morgan fingerprint density at radius 3 is 2.32 bits per heavy atom. The Balaban J connectivity index is 2.72. The van der Waals surface area contributed by atoms with Crippen LogP contribution in [0, 0.1) is 0 Å². The standard InChI is InChI=1S/C11H13NO4S3/c1-17-11(18-2)12-8-7-9-3-5-10(6-4-9)16-19(13,14)15/h3-8H,1-2H3,(H,13,14,15)/b8-7+. The summed E-state index contributed by atoms with van der Waals surface area (Å²) in [6, 6.07) is 6.21. The van der Waals surface area contributed by atoms with Crippen molar-refractivity contribution in [3.8, 4) is 5.75 Å². The second-order valence-corrected chi connectivity index (χ2v) is 6.07. The molecule has 5 nitrogen and oxygen atoms in total. The fraction of sp³-hybridized carbons (Fsp3) is 0.182. The molecule has 0 heterocycles. The van der Waals surface area contributed by atoms with E-state index in [0.29, 0.717) is 0 Å². The molecule has 0 amide bonds. The van der Waals surface area contributed by atoms with Crippen LogP contribution < -0.4 is 4.18 Å². The Morgan fingerprint density at radius 2 is 1.84 bits per heavy atom. The minimum absolute atomic E-state index is 0.0528. The van der Waals surface area contributed by atoms with Crippen molar-refractivity contribution in [2.45, 2.75) is 0 Å². The van der Waals surface area contributed by atoms with Crippen molar-refractivity contribution in [1.29, 1.82) is 0 Å². The monoisotopic (exact) mass is 319 g/mol. The average Bonchev–Trinajstić information content (AvgIpc) is 2.35. The highest BCUT2D eigenvalue weighted by molar-refractivity contribution is 8.38. The molecule has 0 bridgehead atoms. The zero-order valence-electron chi connectivity index (χ0n) is 10.3. The summed E-state index contributed by atoms with van der Waals surface area (Å²) < 4.78 is 34.8. The molecule has 0 aliphatic carbocycles. The molecule has 0 aliphatic heterocycles. The van der Waals surface area contributed by atoms with Crippen molar-refractivity contribution in [2.75, 3.05) is 12.5 Å². The van der Waals surface area contributed by atoms with Crippen LogP contribution in [0.25, 0.3) is 6.08 Å². The Hall–Kier alpha value is -0.960. The van der Waals surface area contributed by atoms with Crippen LogP contribution in [-0.4, -0.2) is 29.9 Å². The van der Waals surface area contributed by atoms with Gasteiger partial charge in [0.05, 0.1) is 0 Å². The van der Waals surface area contributed by atoms with Gasteiger partial charge in [-0.2, -0.15) is 8.42 Å². The molecule has 1 N–H and O–H groups in total. The fourth-order valence-corrected chi connectivity index (χ4v) is 2.48. The van der Waals surface area contributed by atoms with Crippen LogP contribution in [-0.2, 0) is 10.4 Å². The molecule has 1 aromatic rings. The maximum absolute atomic E-state index is 10.5. The lowest BCUT2D eigenvalue weighted by Gasteiger charge is -2.01. The molecular formula is C11H13NO4S3. The van der Waals surface area contributed by atoms with Gasteiger partial charge in [0.25, 0.3) is 0 Å². The number of rotatable bonds is 4. The van der Waals surface area contributed by atoms with E-state index in [2.05, 4.69) is 9.18 Å². The second kappa shape index (κ2) is 7.59. The third kappa shape index (κ3) is 6.67. The van der Waals surface area contributed by atoms with Gasteiger partial charge in [-0.05, 0) is 36.3 Å². The van der Waals surface area contributed by atoms with Crippen molar-refractivity contribution >= 4 is 44.4 Å². The molecule has 0 radical (unpaired) electrons. The molecule has 0 saturated heterocycles. The predicted octanol–water partition coefficient (Wildman–Crippen LogP) is 2.92. The second-order valence-electron chi connectivity index (χ2n) is 3.20. The number of benzene rings is 1. The number of hydrogen-bond donors (Lipinski definition) is 1. The summed E-state index contributed by atoms with van der Waals surface area (Å²) in [4.78, 5) is 4.23. The van der Waals surface area contributed by atoms with Crippen LogP contribution in [0.1, 0.15) is 5.56 Å². The van der Waals surface area contributed by atoms with E-state index >= 15 is 0 Å². The Labute approximate surface area is 121 Å². The molecule has 19 heavy (non-hydrogen) atoms. The zero-order chi connectivity index (χ0) is 14.3. The number of hydrogen-bond acceptors (Lipinski definition) is 6. The van der Waals surface area contributed by atoms with Gasteiger partial charge < -0.3 is 4.18 Å². The number of aliphatic imine (C=N–C) groups is 1. The van der Waals surface area contributed by atoms with Gasteiger partial charge in [0.15, 0.2) is 0 Å². The Kier molecular flexibility index (Phi) is 6.43. The molecule has 0 aromatic heterocycles. The van der Waals surface area contributed by atoms with Crippen LogP contribution >= 0.6 is 23.5 Å². The van der Waals surface area contributed by atoms with Crippen molar-refractivity contribution in [1.82, 2.24) is 0 Å². The van der Waals surface area contributed by atoms with Crippen LogP contribution in [0.4, 0.5) is 0 Å². The van der Waals surface area contributed by atoms with Gasteiger partial charge in [-0.1, -0.05) is 12.1 Å². The normalized spacial score (nSPS) is 11.5. The lowest BCUT2D eigenvalue weighted by Crippen LogP contribution is -2.06. The summed E-state index contributed by atoms with van der Waals surface area (Å²) in [7, 11) is -4.47. The minimum Gasteiger partial charge on any atom is -0.362 e. The van der Waals surface area contributed by atoms with Gasteiger partial charge in [0.1, 0.15) is 10.1 Å². The van der Waals surface area contributed by atoms with Crippen LogP contribution in [0.2, 0.25) is 0 Å². The van der Waals surface area contributed by atoms with E-state index in [1.807, 2.05) is 12.5 Å². The Bertz CT molecular complexity index is 558.